The van der Waals surface area contributed by atoms with E-state index in [1.807, 2.05) is 18.2 Å². The first-order valence-electron chi connectivity index (χ1n) is 9.66. The van der Waals surface area contributed by atoms with Crippen LogP contribution in [0.4, 0.5) is 18.9 Å². The molecule has 29 heavy (non-hydrogen) atoms. The molecule has 8 heteroatoms. The van der Waals surface area contributed by atoms with Gasteiger partial charge in [0.2, 0.25) is 5.91 Å². The van der Waals surface area contributed by atoms with Crippen LogP contribution in [0.2, 0.25) is 0 Å². The Morgan fingerprint density at radius 1 is 1.17 bits per heavy atom. The van der Waals surface area contributed by atoms with Crippen LogP contribution >= 0.6 is 0 Å². The first kappa shape index (κ1) is 22.9. The topological polar surface area (TPSA) is 50.2 Å². The molecule has 0 radical (unpaired) electrons. The van der Waals surface area contributed by atoms with Gasteiger partial charge in [0, 0.05) is 18.1 Å². The minimum absolute atomic E-state index is 0.0445. The number of rotatable bonds is 8. The molecule has 0 aliphatic carbocycles. The first-order valence-corrected chi connectivity index (χ1v) is 9.66. The van der Waals surface area contributed by atoms with Crippen molar-refractivity contribution < 1.29 is 18.0 Å². The van der Waals surface area contributed by atoms with Crippen molar-refractivity contribution in [1.29, 1.82) is 0 Å². The summed E-state index contributed by atoms with van der Waals surface area (Å²) in [5.74, 6) is 0.549. The Bertz CT molecular complexity index is 801. The standard InChI is InChI=1S/C21H29F3N4O/c1-14(2)16-7-6-8-17(15(3)4)20(16)26-19(29)12-27(5)11-18-25-9-10-28(18)13-21(22,23)24/h6-10,14-15H,11-13H2,1-5H3,(H,26,29). The Morgan fingerprint density at radius 2 is 1.76 bits per heavy atom. The number of carbonyl (C=O) groups excluding carboxylic acids is 1. The highest BCUT2D eigenvalue weighted by Crippen LogP contribution is 2.32. The molecule has 160 valence electrons. The first-order chi connectivity index (χ1) is 13.5. The van der Waals surface area contributed by atoms with Crippen LogP contribution in [0, 0.1) is 0 Å². The van der Waals surface area contributed by atoms with Crippen LogP contribution in [0.1, 0.15) is 56.5 Å². The summed E-state index contributed by atoms with van der Waals surface area (Å²) in [6.07, 6.45) is -1.69. The second-order valence-electron chi connectivity index (χ2n) is 7.93. The van der Waals surface area contributed by atoms with Crippen molar-refractivity contribution in [1.82, 2.24) is 14.5 Å². The molecular formula is C21H29F3N4O. The fraction of sp³-hybridized carbons (Fsp3) is 0.524. The van der Waals surface area contributed by atoms with Gasteiger partial charge in [0.25, 0.3) is 0 Å². The molecule has 0 aliphatic rings. The lowest BCUT2D eigenvalue weighted by atomic mass is 9.92. The summed E-state index contributed by atoms with van der Waals surface area (Å²) in [5, 5.41) is 3.02. The van der Waals surface area contributed by atoms with Crippen molar-refractivity contribution in [3.63, 3.8) is 0 Å². The number of benzene rings is 1. The van der Waals surface area contributed by atoms with Gasteiger partial charge in [-0.25, -0.2) is 4.98 Å². The Labute approximate surface area is 169 Å². The van der Waals surface area contributed by atoms with Crippen LogP contribution < -0.4 is 5.32 Å². The maximum Gasteiger partial charge on any atom is 0.406 e. The molecule has 0 fully saturated rings. The maximum atomic E-state index is 12.7. The van der Waals surface area contributed by atoms with Gasteiger partial charge in [0.05, 0.1) is 13.1 Å². The number of carbonyl (C=O) groups is 1. The van der Waals surface area contributed by atoms with Crippen molar-refractivity contribution in [2.75, 3.05) is 18.9 Å². The van der Waals surface area contributed by atoms with Gasteiger partial charge in [-0.15, -0.1) is 0 Å². The molecule has 1 N–H and O–H groups in total. The maximum absolute atomic E-state index is 12.7. The monoisotopic (exact) mass is 410 g/mol. The Balaban J connectivity index is 2.08. The zero-order valence-electron chi connectivity index (χ0n) is 17.5. The summed E-state index contributed by atoms with van der Waals surface area (Å²) in [5.41, 5.74) is 2.95. The third-order valence-electron chi connectivity index (χ3n) is 4.61. The number of alkyl halides is 3. The quantitative estimate of drug-likeness (QED) is 0.683. The third-order valence-corrected chi connectivity index (χ3v) is 4.61. The third kappa shape index (κ3) is 6.59. The van der Waals surface area contributed by atoms with E-state index in [0.717, 1.165) is 21.4 Å². The number of aromatic nitrogens is 2. The van der Waals surface area contributed by atoms with E-state index >= 15 is 0 Å². The van der Waals surface area contributed by atoms with Crippen molar-refractivity contribution in [3.8, 4) is 0 Å². The second kappa shape index (κ2) is 9.43. The molecule has 1 aromatic heterocycles. The highest BCUT2D eigenvalue weighted by Gasteiger charge is 2.29. The van der Waals surface area contributed by atoms with Crippen LogP contribution in [0.3, 0.4) is 0 Å². The summed E-state index contributed by atoms with van der Waals surface area (Å²) < 4.78 is 39.1. The molecule has 0 unspecified atom stereocenters. The van der Waals surface area contributed by atoms with Crippen LogP contribution in [-0.4, -0.2) is 40.1 Å². The molecule has 2 aromatic rings. The van der Waals surface area contributed by atoms with Gasteiger partial charge in [0.15, 0.2) is 0 Å². The Morgan fingerprint density at radius 3 is 2.28 bits per heavy atom. The number of para-hydroxylation sites is 1. The van der Waals surface area contributed by atoms with Crippen LogP contribution in [0.5, 0.6) is 0 Å². The average molecular weight is 410 g/mol. The van der Waals surface area contributed by atoms with E-state index < -0.39 is 12.7 Å². The zero-order valence-corrected chi connectivity index (χ0v) is 17.5. The van der Waals surface area contributed by atoms with E-state index in [1.54, 1.807) is 11.9 Å². The summed E-state index contributed by atoms with van der Waals surface area (Å²) in [6.45, 7) is 7.37. The molecule has 0 saturated carbocycles. The van der Waals surface area contributed by atoms with Crippen LogP contribution in [-0.2, 0) is 17.9 Å². The van der Waals surface area contributed by atoms with Gasteiger partial charge in [-0.1, -0.05) is 45.9 Å². The Hall–Kier alpha value is -2.35. The van der Waals surface area contributed by atoms with Crippen molar-refractivity contribution in [3.05, 3.63) is 47.5 Å². The van der Waals surface area contributed by atoms with E-state index in [1.165, 1.54) is 12.4 Å². The number of halogens is 3. The van der Waals surface area contributed by atoms with Gasteiger partial charge in [0.1, 0.15) is 12.4 Å². The fourth-order valence-corrected chi connectivity index (χ4v) is 3.25. The molecule has 1 aromatic carbocycles. The van der Waals surface area contributed by atoms with E-state index in [0.29, 0.717) is 0 Å². The predicted octanol–water partition coefficient (Wildman–Crippen LogP) is 4.76. The lowest BCUT2D eigenvalue weighted by Crippen LogP contribution is -2.32. The van der Waals surface area contributed by atoms with Gasteiger partial charge in [-0.05, 0) is 30.0 Å². The second-order valence-corrected chi connectivity index (χ2v) is 7.93. The number of anilines is 1. The summed E-state index contributed by atoms with van der Waals surface area (Å²) in [4.78, 5) is 18.3. The van der Waals surface area contributed by atoms with Gasteiger partial charge in [-0.2, -0.15) is 13.2 Å². The predicted molar refractivity (Wildman–Crippen MR) is 108 cm³/mol. The smallest absolute Gasteiger partial charge is 0.325 e. The summed E-state index contributed by atoms with van der Waals surface area (Å²) >= 11 is 0. The summed E-state index contributed by atoms with van der Waals surface area (Å²) in [7, 11) is 1.68. The molecule has 5 nitrogen and oxygen atoms in total. The van der Waals surface area contributed by atoms with Crippen molar-refractivity contribution >= 4 is 11.6 Å². The van der Waals surface area contributed by atoms with E-state index in [4.69, 9.17) is 0 Å². The molecule has 2 rings (SSSR count). The lowest BCUT2D eigenvalue weighted by molar-refractivity contribution is -0.141. The van der Waals surface area contributed by atoms with Crippen molar-refractivity contribution in [2.45, 2.75) is 58.8 Å². The molecular weight excluding hydrogens is 381 g/mol. The van der Waals surface area contributed by atoms with Crippen LogP contribution in [0.25, 0.3) is 0 Å². The zero-order chi connectivity index (χ0) is 21.8. The minimum atomic E-state index is -4.32. The normalized spacial score (nSPS) is 12.2. The molecule has 0 aliphatic heterocycles. The fourth-order valence-electron chi connectivity index (χ4n) is 3.25. The van der Waals surface area contributed by atoms with E-state index in [-0.39, 0.29) is 36.7 Å². The Kier molecular flexibility index (Phi) is 7.46. The molecule has 1 amide bonds. The van der Waals surface area contributed by atoms with Gasteiger partial charge >= 0.3 is 6.18 Å². The number of amides is 1. The molecule has 0 atom stereocenters. The summed E-state index contributed by atoms with van der Waals surface area (Å²) in [6, 6.07) is 6.00. The average Bonchev–Trinajstić information content (AvgIpc) is 2.98. The lowest BCUT2D eigenvalue weighted by Gasteiger charge is -2.22. The van der Waals surface area contributed by atoms with Crippen LogP contribution in [0.15, 0.2) is 30.6 Å². The SMILES string of the molecule is CC(C)c1cccc(C(C)C)c1NC(=O)CN(C)Cc1nccn1CC(F)(F)F. The minimum Gasteiger partial charge on any atom is -0.325 e. The highest BCUT2D eigenvalue weighted by molar-refractivity contribution is 5.94. The molecule has 0 bridgehead atoms. The van der Waals surface area contributed by atoms with Crippen molar-refractivity contribution in [2.24, 2.45) is 0 Å². The number of hydrogen-bond donors (Lipinski definition) is 1. The largest absolute Gasteiger partial charge is 0.406 e. The number of nitrogens with one attached hydrogen (secondary N) is 1. The van der Waals surface area contributed by atoms with E-state index in [2.05, 4.69) is 38.0 Å². The number of imidazole rings is 1. The molecule has 0 spiro atoms. The molecule has 0 saturated heterocycles. The molecule has 1 heterocycles. The number of nitrogens with zero attached hydrogens (tertiary/aromatic N) is 3. The number of likely N-dealkylation sites (N-methyl/N-ethyl adjacent to an activating group) is 1. The van der Waals surface area contributed by atoms with E-state index in [9.17, 15) is 18.0 Å². The number of hydrogen-bond acceptors (Lipinski definition) is 3. The highest BCUT2D eigenvalue weighted by atomic mass is 19.4. The van der Waals surface area contributed by atoms with Gasteiger partial charge < -0.3 is 9.88 Å². The van der Waals surface area contributed by atoms with Gasteiger partial charge in [-0.3, -0.25) is 9.69 Å².